The van der Waals surface area contributed by atoms with Crippen LogP contribution in [0.5, 0.6) is 0 Å². The lowest BCUT2D eigenvalue weighted by Crippen LogP contribution is -2.33. The number of nitrogens with zero attached hydrogens (tertiary/aromatic N) is 1. The van der Waals surface area contributed by atoms with Crippen LogP contribution in [0.3, 0.4) is 0 Å². The van der Waals surface area contributed by atoms with Gasteiger partial charge in [-0.3, -0.25) is 0 Å². The number of rotatable bonds is 5. The summed E-state index contributed by atoms with van der Waals surface area (Å²) in [7, 11) is 0. The van der Waals surface area contributed by atoms with Crippen LogP contribution in [0.25, 0.3) is 0 Å². The number of nitrogens with one attached hydrogen (secondary N) is 1. The molecule has 1 saturated carbocycles. The van der Waals surface area contributed by atoms with Crippen LogP contribution in [-0.2, 0) is 13.0 Å². The molecule has 0 bridgehead atoms. The minimum absolute atomic E-state index is 0.432. The molecule has 3 N–H and O–H groups in total. The molecule has 1 aromatic heterocycles. The second-order valence-electron chi connectivity index (χ2n) is 5.01. The van der Waals surface area contributed by atoms with E-state index in [0.717, 1.165) is 25.4 Å². The summed E-state index contributed by atoms with van der Waals surface area (Å²) >= 11 is 1.76. The summed E-state index contributed by atoms with van der Waals surface area (Å²) in [5.41, 5.74) is 7.18. The Kier molecular flexibility index (Phi) is 4.95. The second-order valence-corrected chi connectivity index (χ2v) is 5.95. The lowest BCUT2D eigenvalue weighted by Gasteiger charge is -2.26. The predicted octanol–water partition coefficient (Wildman–Crippen LogP) is 2.31. The van der Waals surface area contributed by atoms with E-state index in [4.69, 9.17) is 5.73 Å². The summed E-state index contributed by atoms with van der Waals surface area (Å²) in [6, 6.07) is 0.432. The molecule has 1 heterocycles. The van der Waals surface area contributed by atoms with Gasteiger partial charge in [0.1, 0.15) is 0 Å². The normalized spacial score (nSPS) is 25.1. The average Bonchev–Trinajstić information content (AvgIpc) is 2.77. The van der Waals surface area contributed by atoms with E-state index in [1.807, 2.05) is 0 Å². The van der Waals surface area contributed by atoms with E-state index < -0.39 is 0 Å². The molecule has 0 aliphatic heterocycles. The number of hydrogen-bond acceptors (Lipinski definition) is 4. The van der Waals surface area contributed by atoms with Gasteiger partial charge >= 0.3 is 0 Å². The first-order valence-electron chi connectivity index (χ1n) is 6.67. The van der Waals surface area contributed by atoms with Crippen LogP contribution in [0.15, 0.2) is 5.38 Å². The molecule has 1 aliphatic carbocycles. The quantitative estimate of drug-likeness (QED) is 0.846. The van der Waals surface area contributed by atoms with Crippen molar-refractivity contribution in [1.29, 1.82) is 0 Å². The second kappa shape index (κ2) is 6.47. The monoisotopic (exact) mass is 253 g/mol. The van der Waals surface area contributed by atoms with E-state index in [-0.39, 0.29) is 0 Å². The van der Waals surface area contributed by atoms with Gasteiger partial charge in [-0.15, -0.1) is 11.3 Å². The molecule has 1 aliphatic rings. The van der Waals surface area contributed by atoms with Gasteiger partial charge in [0.25, 0.3) is 0 Å². The number of nitrogens with two attached hydrogens (primary N) is 1. The molecule has 0 amide bonds. The van der Waals surface area contributed by atoms with Crippen molar-refractivity contribution < 1.29 is 0 Å². The van der Waals surface area contributed by atoms with Crippen molar-refractivity contribution in [3.05, 3.63) is 16.1 Å². The molecular formula is C13H23N3S. The average molecular weight is 253 g/mol. The van der Waals surface area contributed by atoms with Crippen LogP contribution in [-0.4, -0.2) is 17.6 Å². The van der Waals surface area contributed by atoms with Crippen LogP contribution in [0.1, 0.15) is 43.3 Å². The Labute approximate surface area is 108 Å². The summed E-state index contributed by atoms with van der Waals surface area (Å²) < 4.78 is 0. The van der Waals surface area contributed by atoms with Crippen molar-refractivity contribution in [2.75, 3.05) is 6.54 Å². The van der Waals surface area contributed by atoms with E-state index in [9.17, 15) is 0 Å². The molecule has 2 rings (SSSR count). The zero-order chi connectivity index (χ0) is 12.1. The topological polar surface area (TPSA) is 50.9 Å². The maximum Gasteiger partial charge on any atom is 0.0926 e. The summed E-state index contributed by atoms with van der Waals surface area (Å²) in [4.78, 5) is 4.56. The lowest BCUT2D eigenvalue weighted by molar-refractivity contribution is 0.310. The SMILES string of the molecule is CCc1nc(CNCC2CCCC(N)C2)cs1. The Morgan fingerprint density at radius 3 is 3.12 bits per heavy atom. The number of aromatic nitrogens is 1. The number of thiazole rings is 1. The Hall–Kier alpha value is -0.450. The standard InChI is InChI=1S/C13H23N3S/c1-2-13-16-12(9-17-13)8-15-7-10-4-3-5-11(14)6-10/h9-11,15H,2-8,14H2,1H3. The van der Waals surface area contributed by atoms with Crippen LogP contribution in [0.2, 0.25) is 0 Å². The van der Waals surface area contributed by atoms with Gasteiger partial charge in [-0.05, 0) is 38.1 Å². The van der Waals surface area contributed by atoms with Gasteiger partial charge in [-0.2, -0.15) is 0 Å². The zero-order valence-electron chi connectivity index (χ0n) is 10.6. The Morgan fingerprint density at radius 1 is 1.53 bits per heavy atom. The van der Waals surface area contributed by atoms with Crippen molar-refractivity contribution >= 4 is 11.3 Å². The Morgan fingerprint density at radius 2 is 2.41 bits per heavy atom. The molecule has 17 heavy (non-hydrogen) atoms. The first-order valence-corrected chi connectivity index (χ1v) is 7.55. The highest BCUT2D eigenvalue weighted by Crippen LogP contribution is 2.22. The third-order valence-electron chi connectivity index (χ3n) is 3.46. The summed E-state index contributed by atoms with van der Waals surface area (Å²) in [6.45, 7) is 4.15. The summed E-state index contributed by atoms with van der Waals surface area (Å²) in [5, 5.41) is 6.92. The first-order chi connectivity index (χ1) is 8.28. The van der Waals surface area contributed by atoms with Crippen molar-refractivity contribution in [3.63, 3.8) is 0 Å². The van der Waals surface area contributed by atoms with E-state index >= 15 is 0 Å². The molecule has 2 atom stereocenters. The third-order valence-corrected chi connectivity index (χ3v) is 4.51. The third kappa shape index (κ3) is 4.05. The largest absolute Gasteiger partial charge is 0.328 e. The van der Waals surface area contributed by atoms with Gasteiger partial charge in [0.2, 0.25) is 0 Å². The fourth-order valence-electron chi connectivity index (χ4n) is 2.51. The molecule has 1 aromatic rings. The Bertz CT molecular complexity index is 337. The molecule has 4 heteroatoms. The molecule has 3 nitrogen and oxygen atoms in total. The fraction of sp³-hybridized carbons (Fsp3) is 0.769. The first kappa shape index (κ1) is 13.0. The van der Waals surface area contributed by atoms with E-state index in [0.29, 0.717) is 6.04 Å². The number of aryl methyl sites for hydroxylation is 1. The van der Waals surface area contributed by atoms with Crippen molar-refractivity contribution in [2.24, 2.45) is 11.7 Å². The van der Waals surface area contributed by atoms with Crippen LogP contribution in [0, 0.1) is 5.92 Å². The van der Waals surface area contributed by atoms with E-state index in [2.05, 4.69) is 22.6 Å². The molecule has 0 spiro atoms. The summed E-state index contributed by atoms with van der Waals surface area (Å²) in [5.74, 6) is 0.767. The molecule has 1 fully saturated rings. The lowest BCUT2D eigenvalue weighted by atomic mass is 9.86. The van der Waals surface area contributed by atoms with Crippen LogP contribution in [0.4, 0.5) is 0 Å². The smallest absolute Gasteiger partial charge is 0.0926 e. The van der Waals surface area contributed by atoms with Gasteiger partial charge in [-0.1, -0.05) is 13.3 Å². The minimum Gasteiger partial charge on any atom is -0.328 e. The van der Waals surface area contributed by atoms with Crippen molar-refractivity contribution in [2.45, 2.75) is 51.6 Å². The highest BCUT2D eigenvalue weighted by Gasteiger charge is 2.18. The maximum atomic E-state index is 5.99. The summed E-state index contributed by atoms with van der Waals surface area (Å²) in [6.07, 6.45) is 6.07. The van der Waals surface area contributed by atoms with Crippen LogP contribution >= 0.6 is 11.3 Å². The highest BCUT2D eigenvalue weighted by molar-refractivity contribution is 7.09. The van der Waals surface area contributed by atoms with Crippen molar-refractivity contribution in [3.8, 4) is 0 Å². The Balaban J connectivity index is 1.68. The molecule has 0 aromatic carbocycles. The van der Waals surface area contributed by atoms with Crippen molar-refractivity contribution in [1.82, 2.24) is 10.3 Å². The fourth-order valence-corrected chi connectivity index (χ4v) is 3.26. The highest BCUT2D eigenvalue weighted by atomic mass is 32.1. The number of hydrogen-bond donors (Lipinski definition) is 2. The van der Waals surface area contributed by atoms with Gasteiger partial charge in [0.15, 0.2) is 0 Å². The van der Waals surface area contributed by atoms with E-state index in [1.54, 1.807) is 11.3 Å². The molecule has 96 valence electrons. The zero-order valence-corrected chi connectivity index (χ0v) is 11.4. The van der Waals surface area contributed by atoms with Gasteiger partial charge in [0.05, 0.1) is 10.7 Å². The van der Waals surface area contributed by atoms with Gasteiger partial charge in [-0.25, -0.2) is 4.98 Å². The maximum absolute atomic E-state index is 5.99. The van der Waals surface area contributed by atoms with Gasteiger partial charge < -0.3 is 11.1 Å². The molecule has 2 unspecified atom stereocenters. The predicted molar refractivity (Wildman–Crippen MR) is 73.1 cm³/mol. The molecule has 0 radical (unpaired) electrons. The van der Waals surface area contributed by atoms with Gasteiger partial charge in [0, 0.05) is 18.0 Å². The molecule has 0 saturated heterocycles. The molecular weight excluding hydrogens is 230 g/mol. The van der Waals surface area contributed by atoms with Crippen LogP contribution < -0.4 is 11.1 Å². The minimum atomic E-state index is 0.432. The van der Waals surface area contributed by atoms with E-state index in [1.165, 1.54) is 36.4 Å².